The number of nitrogens with zero attached hydrogens (tertiary/aromatic N) is 5. The summed E-state index contributed by atoms with van der Waals surface area (Å²) in [6, 6.07) is 6.33. The van der Waals surface area contributed by atoms with Crippen LogP contribution < -0.4 is 15.4 Å². The number of nitrogen functional groups attached to an aromatic ring is 1. The maximum Gasteiger partial charge on any atom is 0.182 e. The molecule has 0 radical (unpaired) electrons. The molecule has 0 saturated carbocycles. The molecule has 4 aromatic rings. The van der Waals surface area contributed by atoms with Crippen molar-refractivity contribution < 1.29 is 4.74 Å². The SMILES string of the molecule is Cc1cc(-c2cnc3sc(N)nc3c2)cc2c1OCCN(c1ncnc(Cl)c1C(C)C)C2. The van der Waals surface area contributed by atoms with Gasteiger partial charge in [0, 0.05) is 29.4 Å². The number of rotatable bonds is 3. The summed E-state index contributed by atoms with van der Waals surface area (Å²) in [5.41, 5.74) is 11.9. The average Bonchev–Trinajstić information content (AvgIpc) is 2.98. The Bertz CT molecular complexity index is 1320. The van der Waals surface area contributed by atoms with Crippen molar-refractivity contribution in [2.24, 2.45) is 0 Å². The third-order valence-corrected chi connectivity index (χ3v) is 6.72. The van der Waals surface area contributed by atoms with Crippen molar-refractivity contribution in [1.29, 1.82) is 0 Å². The van der Waals surface area contributed by atoms with E-state index < -0.39 is 0 Å². The van der Waals surface area contributed by atoms with Gasteiger partial charge in [0.25, 0.3) is 0 Å². The lowest BCUT2D eigenvalue weighted by Crippen LogP contribution is -2.27. The fourth-order valence-electron chi connectivity index (χ4n) is 4.17. The molecule has 0 saturated heterocycles. The van der Waals surface area contributed by atoms with E-state index in [1.807, 2.05) is 12.3 Å². The molecule has 0 aliphatic carbocycles. The maximum absolute atomic E-state index is 6.43. The van der Waals surface area contributed by atoms with E-state index in [-0.39, 0.29) is 5.92 Å². The van der Waals surface area contributed by atoms with E-state index in [9.17, 15) is 0 Å². The van der Waals surface area contributed by atoms with Gasteiger partial charge in [-0.3, -0.25) is 0 Å². The summed E-state index contributed by atoms with van der Waals surface area (Å²) < 4.78 is 6.17. The van der Waals surface area contributed by atoms with Crippen molar-refractivity contribution in [3.05, 3.63) is 52.6 Å². The van der Waals surface area contributed by atoms with Crippen LogP contribution in [-0.2, 0) is 6.54 Å². The van der Waals surface area contributed by atoms with Gasteiger partial charge in [0.2, 0.25) is 0 Å². The minimum Gasteiger partial charge on any atom is -0.491 e. The lowest BCUT2D eigenvalue weighted by Gasteiger charge is -2.25. The molecule has 0 atom stereocenters. The normalized spacial score (nSPS) is 13.8. The Kier molecular flexibility index (Phi) is 5.35. The van der Waals surface area contributed by atoms with E-state index in [1.165, 1.54) is 17.7 Å². The van der Waals surface area contributed by atoms with Crippen LogP contribution in [0.2, 0.25) is 5.15 Å². The first-order chi connectivity index (χ1) is 15.4. The lowest BCUT2D eigenvalue weighted by molar-refractivity contribution is 0.329. The molecule has 1 aliphatic rings. The summed E-state index contributed by atoms with van der Waals surface area (Å²) in [5.74, 6) is 1.99. The van der Waals surface area contributed by atoms with Crippen LogP contribution in [0.25, 0.3) is 21.5 Å². The number of benzene rings is 1. The van der Waals surface area contributed by atoms with Crippen LogP contribution in [0, 0.1) is 6.92 Å². The highest BCUT2D eigenvalue weighted by molar-refractivity contribution is 7.21. The molecule has 0 fully saturated rings. The quantitative estimate of drug-likeness (QED) is 0.414. The van der Waals surface area contributed by atoms with Crippen molar-refractivity contribution in [2.45, 2.75) is 33.2 Å². The molecular weight excluding hydrogens is 444 g/mol. The van der Waals surface area contributed by atoms with Gasteiger partial charge in [-0.15, -0.1) is 0 Å². The first-order valence-corrected chi connectivity index (χ1v) is 11.6. The minimum atomic E-state index is 0.207. The second-order valence-electron chi connectivity index (χ2n) is 8.21. The number of hydrogen-bond donors (Lipinski definition) is 1. The Balaban J connectivity index is 1.57. The van der Waals surface area contributed by atoms with Crippen LogP contribution in [-0.4, -0.2) is 33.1 Å². The van der Waals surface area contributed by atoms with Crippen LogP contribution in [0.15, 0.2) is 30.7 Å². The van der Waals surface area contributed by atoms with Crippen molar-refractivity contribution in [3.63, 3.8) is 0 Å². The van der Waals surface area contributed by atoms with Gasteiger partial charge in [0.1, 0.15) is 40.0 Å². The highest BCUT2D eigenvalue weighted by Gasteiger charge is 2.24. The van der Waals surface area contributed by atoms with Crippen LogP contribution in [0.3, 0.4) is 0 Å². The number of anilines is 2. The Morgan fingerprint density at radius 2 is 2.00 bits per heavy atom. The van der Waals surface area contributed by atoms with Gasteiger partial charge in [-0.05, 0) is 42.2 Å². The molecule has 0 unspecified atom stereocenters. The van der Waals surface area contributed by atoms with E-state index in [0.29, 0.717) is 30.0 Å². The zero-order valence-corrected chi connectivity index (χ0v) is 19.7. The van der Waals surface area contributed by atoms with Gasteiger partial charge in [0.15, 0.2) is 5.13 Å². The summed E-state index contributed by atoms with van der Waals surface area (Å²) >= 11 is 7.83. The van der Waals surface area contributed by atoms with Crippen LogP contribution >= 0.6 is 22.9 Å². The Morgan fingerprint density at radius 3 is 2.81 bits per heavy atom. The van der Waals surface area contributed by atoms with E-state index in [0.717, 1.165) is 49.7 Å². The fraction of sp³-hybridized carbons (Fsp3) is 0.304. The molecule has 164 valence electrons. The van der Waals surface area contributed by atoms with Crippen LogP contribution in [0.1, 0.15) is 36.5 Å². The predicted molar refractivity (Wildman–Crippen MR) is 130 cm³/mol. The summed E-state index contributed by atoms with van der Waals surface area (Å²) in [6.45, 7) is 8.22. The fourth-order valence-corrected chi connectivity index (χ4v) is 5.18. The Morgan fingerprint density at radius 1 is 1.16 bits per heavy atom. The van der Waals surface area contributed by atoms with E-state index in [1.54, 1.807) is 0 Å². The molecule has 2 N–H and O–H groups in total. The van der Waals surface area contributed by atoms with Crippen molar-refractivity contribution >= 4 is 44.2 Å². The molecule has 1 aromatic carbocycles. The highest BCUT2D eigenvalue weighted by atomic mass is 35.5. The summed E-state index contributed by atoms with van der Waals surface area (Å²) in [5, 5.41) is 1.03. The molecule has 7 nitrogen and oxygen atoms in total. The van der Waals surface area contributed by atoms with Gasteiger partial charge in [0.05, 0.1) is 6.54 Å². The summed E-state index contributed by atoms with van der Waals surface area (Å²) in [7, 11) is 0. The van der Waals surface area contributed by atoms with Gasteiger partial charge < -0.3 is 15.4 Å². The van der Waals surface area contributed by atoms with E-state index in [4.69, 9.17) is 22.1 Å². The second kappa shape index (κ2) is 8.18. The number of fused-ring (bicyclic) bond motifs is 2. The van der Waals surface area contributed by atoms with Gasteiger partial charge in [-0.25, -0.2) is 19.9 Å². The van der Waals surface area contributed by atoms with E-state index in [2.05, 4.69) is 57.7 Å². The number of ether oxygens (including phenoxy) is 1. The first kappa shape index (κ1) is 20.9. The molecule has 5 rings (SSSR count). The minimum absolute atomic E-state index is 0.207. The van der Waals surface area contributed by atoms with Gasteiger partial charge in [-0.1, -0.05) is 36.8 Å². The third-order valence-electron chi connectivity index (χ3n) is 5.61. The number of pyridine rings is 1. The van der Waals surface area contributed by atoms with Crippen molar-refractivity contribution in [1.82, 2.24) is 19.9 Å². The number of halogens is 1. The molecular formula is C23H23ClN6OS. The lowest BCUT2D eigenvalue weighted by atomic mass is 9.99. The number of nitrogens with two attached hydrogens (primary N) is 1. The number of aryl methyl sites for hydroxylation is 1. The standard InChI is InChI=1S/C23H23ClN6OS/c1-12(2)18-20(24)27-11-28-21(18)30-4-5-31-19-13(3)6-14(7-16(19)10-30)15-8-17-22(26-9-15)32-23(25)29-17/h6-9,11-12H,4-5,10H2,1-3H3,(H2,25,29). The molecule has 32 heavy (non-hydrogen) atoms. The number of hydrogen-bond acceptors (Lipinski definition) is 8. The molecule has 0 bridgehead atoms. The molecule has 4 heterocycles. The number of thiazole rings is 1. The molecule has 0 spiro atoms. The van der Waals surface area contributed by atoms with Crippen LogP contribution in [0.4, 0.5) is 10.9 Å². The smallest absolute Gasteiger partial charge is 0.182 e. The second-order valence-corrected chi connectivity index (χ2v) is 9.58. The molecule has 1 aliphatic heterocycles. The Labute approximate surface area is 195 Å². The zero-order chi connectivity index (χ0) is 22.4. The first-order valence-electron chi connectivity index (χ1n) is 10.4. The monoisotopic (exact) mass is 466 g/mol. The van der Waals surface area contributed by atoms with Crippen molar-refractivity contribution in [3.8, 4) is 16.9 Å². The predicted octanol–water partition coefficient (Wildman–Crippen LogP) is 5.21. The Hall–Kier alpha value is -2.97. The molecule has 3 aromatic heterocycles. The van der Waals surface area contributed by atoms with Crippen molar-refractivity contribution in [2.75, 3.05) is 23.8 Å². The summed E-state index contributed by atoms with van der Waals surface area (Å²) in [4.78, 5) is 20.8. The number of aromatic nitrogens is 4. The third kappa shape index (κ3) is 3.73. The highest BCUT2D eigenvalue weighted by Crippen LogP contribution is 2.37. The average molecular weight is 467 g/mol. The zero-order valence-electron chi connectivity index (χ0n) is 18.1. The largest absolute Gasteiger partial charge is 0.491 e. The maximum atomic E-state index is 6.43. The molecule has 9 heteroatoms. The summed E-state index contributed by atoms with van der Waals surface area (Å²) in [6.07, 6.45) is 3.40. The topological polar surface area (TPSA) is 90.0 Å². The van der Waals surface area contributed by atoms with E-state index >= 15 is 0 Å². The molecule has 0 amide bonds. The van der Waals surface area contributed by atoms with Crippen LogP contribution in [0.5, 0.6) is 5.75 Å². The van der Waals surface area contributed by atoms with Gasteiger partial charge >= 0.3 is 0 Å². The van der Waals surface area contributed by atoms with Gasteiger partial charge in [-0.2, -0.15) is 0 Å².